The number of fused-ring (bicyclic) bond motifs is 3. The molecular weight excluding hydrogens is 204 g/mol. The topological polar surface area (TPSA) is 133 Å². The molecule has 2 N–H and O–H groups in total. The summed E-state index contributed by atoms with van der Waals surface area (Å²) in [4.78, 5) is -0.549. The zero-order valence-electron chi connectivity index (χ0n) is 7.09. The fraction of sp³-hybridized carbons (Fsp3) is 0. The Hall–Kier alpha value is -2.58. The lowest BCUT2D eigenvalue weighted by atomic mass is 10.2. The van der Waals surface area contributed by atoms with Crippen molar-refractivity contribution in [3.8, 4) is 11.4 Å². The van der Waals surface area contributed by atoms with Crippen molar-refractivity contribution in [1.29, 1.82) is 0 Å². The molecule has 0 spiro atoms. The quantitative estimate of drug-likeness (QED) is 0.461. The fourth-order valence-electron chi connectivity index (χ4n) is 1.40. The van der Waals surface area contributed by atoms with Crippen molar-refractivity contribution < 1.29 is 4.63 Å². The maximum absolute atomic E-state index is 10.7. The molecule has 0 saturated carbocycles. The number of hydrogen-bond acceptors (Lipinski definition) is 6. The van der Waals surface area contributed by atoms with E-state index in [0.29, 0.717) is 11.4 Å². The molecule has 0 fully saturated rings. The maximum atomic E-state index is 10.7. The number of benzene rings is 1. The molecule has 1 aliphatic carbocycles. The molecule has 1 aliphatic heterocycles. The third-order valence-corrected chi connectivity index (χ3v) is 2.05. The van der Waals surface area contributed by atoms with Crippen LogP contribution in [0, 0.1) is 10.4 Å². The first-order valence-electron chi connectivity index (χ1n) is 3.93. The van der Waals surface area contributed by atoms with Crippen LogP contribution in [0.2, 0.25) is 0 Å². The van der Waals surface area contributed by atoms with Gasteiger partial charge in [0.15, 0.2) is 5.52 Å². The maximum Gasteiger partial charge on any atom is 0.256 e. The van der Waals surface area contributed by atoms with Crippen molar-refractivity contribution in [1.82, 2.24) is 30.6 Å². The predicted molar refractivity (Wildman–Crippen MR) is 46.9 cm³/mol. The van der Waals surface area contributed by atoms with Crippen LogP contribution in [0.15, 0.2) is 10.7 Å². The molecule has 15 heavy (non-hydrogen) atoms. The Bertz CT molecular complexity index is 659. The Morgan fingerprint density at radius 2 is 2.07 bits per heavy atom. The lowest BCUT2D eigenvalue weighted by Crippen LogP contribution is -2.20. The van der Waals surface area contributed by atoms with E-state index < -0.39 is 4.90 Å². The van der Waals surface area contributed by atoms with E-state index >= 15 is 0 Å². The first-order valence-corrected chi connectivity index (χ1v) is 3.93. The van der Waals surface area contributed by atoms with Gasteiger partial charge in [-0.05, 0) is 10.3 Å². The Morgan fingerprint density at radius 3 is 2.87 bits per heavy atom. The summed E-state index contributed by atoms with van der Waals surface area (Å²) in [5, 5.41) is 37.3. The molecule has 3 rings (SSSR count). The Morgan fingerprint density at radius 1 is 1.27 bits per heavy atom. The Labute approximate surface area is 80.5 Å². The average molecular weight is 207 g/mol. The van der Waals surface area contributed by atoms with E-state index in [4.69, 9.17) is 0 Å². The summed E-state index contributed by atoms with van der Waals surface area (Å²) >= 11 is 0. The van der Waals surface area contributed by atoms with Gasteiger partial charge in [0.05, 0.1) is 5.69 Å². The van der Waals surface area contributed by atoms with Crippen LogP contribution >= 0.6 is 0 Å². The van der Waals surface area contributed by atoms with E-state index in [0.717, 1.165) is 0 Å². The van der Waals surface area contributed by atoms with Crippen molar-refractivity contribution in [3.63, 3.8) is 0 Å². The van der Waals surface area contributed by atoms with Crippen molar-refractivity contribution in [2.45, 2.75) is 0 Å². The van der Waals surface area contributed by atoms with E-state index in [2.05, 4.69) is 30.4 Å². The molecule has 9 nitrogen and oxygen atoms in total. The van der Waals surface area contributed by atoms with Gasteiger partial charge in [0, 0.05) is 6.07 Å². The van der Waals surface area contributed by atoms with Gasteiger partial charge in [-0.2, -0.15) is 10.0 Å². The van der Waals surface area contributed by atoms with Crippen LogP contribution in [-0.4, -0.2) is 25.7 Å². The molecule has 1 aromatic rings. The van der Waals surface area contributed by atoms with Gasteiger partial charge in [-0.15, -0.1) is 0 Å². The lowest BCUT2D eigenvalue weighted by Gasteiger charge is -2.02. The van der Waals surface area contributed by atoms with Gasteiger partial charge in [0.2, 0.25) is 5.52 Å². The number of rotatable bonds is 0. The molecule has 76 valence electrons. The molecule has 9 heteroatoms. The third kappa shape index (κ3) is 0.907. The SMILES string of the molecule is [O-][N+]([O-])=c1cc2[nH][nH]nc-2c2nonc12. The van der Waals surface area contributed by atoms with Crippen molar-refractivity contribution >= 4 is 11.0 Å². The highest BCUT2D eigenvalue weighted by Crippen LogP contribution is 2.20. The minimum Gasteiger partial charge on any atom is -0.612 e. The van der Waals surface area contributed by atoms with Crippen molar-refractivity contribution in [2.75, 3.05) is 0 Å². The molecule has 0 bridgehead atoms. The molecule has 0 saturated heterocycles. The van der Waals surface area contributed by atoms with Gasteiger partial charge in [0.25, 0.3) is 5.36 Å². The lowest BCUT2D eigenvalue weighted by molar-refractivity contribution is 0.315. The molecule has 2 aliphatic rings. The largest absolute Gasteiger partial charge is 0.612 e. The summed E-state index contributed by atoms with van der Waals surface area (Å²) in [6, 6.07) is 1.32. The second kappa shape index (κ2) is 2.47. The molecule has 1 aromatic heterocycles. The fourth-order valence-corrected chi connectivity index (χ4v) is 1.40. The first kappa shape index (κ1) is 7.79. The molecular formula is C6H3N6O3-. The molecule has 0 unspecified atom stereocenters. The highest BCUT2D eigenvalue weighted by atomic mass is 16.8. The minimum atomic E-state index is -0.549. The van der Waals surface area contributed by atoms with Gasteiger partial charge in [-0.25, -0.2) is 9.84 Å². The first-order chi connectivity index (χ1) is 7.27. The van der Waals surface area contributed by atoms with Gasteiger partial charge in [0.1, 0.15) is 5.69 Å². The van der Waals surface area contributed by atoms with Gasteiger partial charge < -0.3 is 10.4 Å². The summed E-state index contributed by atoms with van der Waals surface area (Å²) in [7, 11) is 0. The van der Waals surface area contributed by atoms with Crippen LogP contribution in [-0.2, 0) is 0 Å². The number of H-pyrrole nitrogens is 2. The summed E-state index contributed by atoms with van der Waals surface area (Å²) in [6.07, 6.45) is 0. The smallest absolute Gasteiger partial charge is 0.256 e. The molecule has 2 heterocycles. The molecule has 0 atom stereocenters. The molecule has 0 amide bonds. The highest BCUT2D eigenvalue weighted by Gasteiger charge is 2.19. The Kier molecular flexibility index (Phi) is 1.28. The van der Waals surface area contributed by atoms with Gasteiger partial charge >= 0.3 is 0 Å². The second-order valence-electron chi connectivity index (χ2n) is 2.86. The highest BCUT2D eigenvalue weighted by molar-refractivity contribution is 5.88. The summed E-state index contributed by atoms with van der Waals surface area (Å²) in [5.74, 6) is 0. The zero-order valence-corrected chi connectivity index (χ0v) is 7.09. The van der Waals surface area contributed by atoms with Gasteiger partial charge in [-0.3, -0.25) is 5.10 Å². The van der Waals surface area contributed by atoms with E-state index in [-0.39, 0.29) is 16.4 Å². The predicted octanol–water partition coefficient (Wildman–Crippen LogP) is -0.853. The van der Waals surface area contributed by atoms with E-state index in [1.807, 2.05) is 0 Å². The zero-order chi connectivity index (χ0) is 10.4. The standard InChI is InChI=1S/C6H3N6O3/c13-12(14)3-1-2-4(8-11-7-2)6-5(3)9-15-10-6/h1,7,11H/q-1. The minimum absolute atomic E-state index is 0.0907. The van der Waals surface area contributed by atoms with E-state index in [9.17, 15) is 10.4 Å². The summed E-state index contributed by atoms with van der Waals surface area (Å²) in [5.41, 5.74) is 1.28. The van der Waals surface area contributed by atoms with E-state index in [1.54, 1.807) is 0 Å². The number of nitrogens with zero attached hydrogens (tertiary/aromatic N) is 4. The van der Waals surface area contributed by atoms with Crippen LogP contribution in [0.4, 0.5) is 0 Å². The molecule has 0 aromatic carbocycles. The molecule has 0 radical (unpaired) electrons. The van der Waals surface area contributed by atoms with Crippen LogP contribution in [0.1, 0.15) is 0 Å². The second-order valence-corrected chi connectivity index (χ2v) is 2.86. The summed E-state index contributed by atoms with van der Waals surface area (Å²) < 4.78 is 4.46. The van der Waals surface area contributed by atoms with Crippen LogP contribution < -0.4 is 10.3 Å². The number of aromatic nitrogens is 5. The number of hydrogen-bond donors (Lipinski definition) is 2. The van der Waals surface area contributed by atoms with Crippen molar-refractivity contribution in [2.24, 2.45) is 0 Å². The van der Waals surface area contributed by atoms with Gasteiger partial charge in [-0.1, -0.05) is 0 Å². The summed E-state index contributed by atoms with van der Waals surface area (Å²) in [6.45, 7) is 0. The normalized spacial score (nSPS) is 11.2. The van der Waals surface area contributed by atoms with Crippen LogP contribution in [0.3, 0.4) is 0 Å². The number of nitrogens with one attached hydrogen (secondary N) is 2. The van der Waals surface area contributed by atoms with Crippen LogP contribution in [0.5, 0.6) is 0 Å². The average Bonchev–Trinajstić information content (AvgIpc) is 2.83. The number of aromatic amines is 2. The Balaban J connectivity index is 2.67. The van der Waals surface area contributed by atoms with Crippen molar-refractivity contribution in [3.05, 3.63) is 21.8 Å². The van der Waals surface area contributed by atoms with E-state index in [1.165, 1.54) is 6.07 Å². The monoisotopic (exact) mass is 207 g/mol. The van der Waals surface area contributed by atoms with Crippen LogP contribution in [0.25, 0.3) is 22.4 Å². The third-order valence-electron chi connectivity index (χ3n) is 2.05.